The lowest BCUT2D eigenvalue weighted by molar-refractivity contribution is 0.1000. The molecule has 31 heavy (non-hydrogen) atoms. The fourth-order valence-electron chi connectivity index (χ4n) is 3.59. The molecule has 0 radical (unpaired) electrons. The van der Waals surface area contributed by atoms with E-state index in [4.69, 9.17) is 20.2 Å². The summed E-state index contributed by atoms with van der Waals surface area (Å²) < 4.78 is 11.0. The number of rotatable bonds is 6. The standard InChI is InChI=1S/C24H20N4O3/c25-24(29)16-7-4-15(5-8-16)6-11-21-27-22(23(28-21)18-3-1-2-12-26-18)17-9-10-19-20(13-17)31-14-30-19/h1-5,7-10,12-13H,6,11,14H2,(H2,25,29)(H,27,28). The average Bonchev–Trinajstić information content (AvgIpc) is 3.45. The van der Waals surface area contributed by atoms with E-state index in [1.807, 2.05) is 48.5 Å². The van der Waals surface area contributed by atoms with Crippen molar-refractivity contribution in [3.05, 3.63) is 83.8 Å². The van der Waals surface area contributed by atoms with E-state index in [2.05, 4.69) is 9.97 Å². The summed E-state index contributed by atoms with van der Waals surface area (Å²) in [6.07, 6.45) is 3.24. The zero-order valence-electron chi connectivity index (χ0n) is 16.7. The Morgan fingerprint density at radius 3 is 2.61 bits per heavy atom. The number of pyridine rings is 1. The van der Waals surface area contributed by atoms with Crippen molar-refractivity contribution >= 4 is 5.91 Å². The monoisotopic (exact) mass is 412 g/mol. The minimum atomic E-state index is -0.425. The lowest BCUT2D eigenvalue weighted by Gasteiger charge is -2.03. The molecule has 0 saturated carbocycles. The first-order chi connectivity index (χ1) is 15.2. The van der Waals surface area contributed by atoms with Gasteiger partial charge in [0.15, 0.2) is 11.5 Å². The molecule has 154 valence electrons. The van der Waals surface area contributed by atoms with Crippen LogP contribution in [-0.2, 0) is 12.8 Å². The summed E-state index contributed by atoms with van der Waals surface area (Å²) in [6.45, 7) is 0.228. The summed E-state index contributed by atoms with van der Waals surface area (Å²) in [4.78, 5) is 24.1. The number of hydrogen-bond donors (Lipinski definition) is 2. The molecule has 0 saturated heterocycles. The van der Waals surface area contributed by atoms with Gasteiger partial charge in [-0.25, -0.2) is 4.98 Å². The van der Waals surface area contributed by atoms with Gasteiger partial charge in [-0.05, 0) is 54.4 Å². The van der Waals surface area contributed by atoms with Gasteiger partial charge in [-0.2, -0.15) is 0 Å². The number of carbonyl (C=O) groups excluding carboxylic acids is 1. The Morgan fingerprint density at radius 2 is 1.84 bits per heavy atom. The number of nitrogens with one attached hydrogen (secondary N) is 1. The normalized spacial score (nSPS) is 12.1. The third kappa shape index (κ3) is 3.85. The minimum Gasteiger partial charge on any atom is -0.454 e. The van der Waals surface area contributed by atoms with Gasteiger partial charge in [0, 0.05) is 23.7 Å². The molecule has 0 bridgehead atoms. The Balaban J connectivity index is 1.45. The van der Waals surface area contributed by atoms with Crippen LogP contribution in [0.1, 0.15) is 21.7 Å². The fourth-order valence-corrected chi connectivity index (χ4v) is 3.59. The van der Waals surface area contributed by atoms with E-state index in [9.17, 15) is 4.79 Å². The van der Waals surface area contributed by atoms with Crippen LogP contribution >= 0.6 is 0 Å². The zero-order chi connectivity index (χ0) is 21.2. The van der Waals surface area contributed by atoms with Gasteiger partial charge in [-0.15, -0.1) is 0 Å². The molecule has 0 aliphatic carbocycles. The number of imidazole rings is 1. The Morgan fingerprint density at radius 1 is 1.00 bits per heavy atom. The van der Waals surface area contributed by atoms with E-state index in [1.165, 1.54) is 0 Å². The molecule has 0 atom stereocenters. The van der Waals surface area contributed by atoms with Gasteiger partial charge in [0.1, 0.15) is 5.82 Å². The largest absolute Gasteiger partial charge is 0.454 e. The van der Waals surface area contributed by atoms with Crippen molar-refractivity contribution in [2.75, 3.05) is 6.79 Å². The summed E-state index contributed by atoms with van der Waals surface area (Å²) in [5.74, 6) is 1.88. The minimum absolute atomic E-state index is 0.228. The maximum Gasteiger partial charge on any atom is 0.248 e. The maximum atomic E-state index is 11.3. The second-order valence-electron chi connectivity index (χ2n) is 7.25. The molecule has 7 heteroatoms. The molecule has 0 unspecified atom stereocenters. The third-order valence-corrected chi connectivity index (χ3v) is 5.21. The second kappa shape index (κ2) is 7.95. The number of aromatic nitrogens is 3. The van der Waals surface area contributed by atoms with Crippen LogP contribution in [0.3, 0.4) is 0 Å². The highest BCUT2D eigenvalue weighted by atomic mass is 16.7. The first kappa shape index (κ1) is 18.9. The molecule has 1 amide bonds. The highest BCUT2D eigenvalue weighted by Gasteiger charge is 2.19. The van der Waals surface area contributed by atoms with Crippen molar-refractivity contribution in [1.82, 2.24) is 15.0 Å². The number of H-pyrrole nitrogens is 1. The smallest absolute Gasteiger partial charge is 0.248 e. The number of hydrogen-bond acceptors (Lipinski definition) is 5. The molecule has 7 nitrogen and oxygen atoms in total. The molecule has 1 aliphatic rings. The van der Waals surface area contributed by atoms with Gasteiger partial charge in [0.05, 0.1) is 17.1 Å². The number of aryl methyl sites for hydroxylation is 2. The highest BCUT2D eigenvalue weighted by Crippen LogP contribution is 2.38. The SMILES string of the molecule is NC(=O)c1ccc(CCc2nc(-c3ccc4c(c3)OCO4)c(-c3ccccn3)[nH]2)cc1. The van der Waals surface area contributed by atoms with E-state index >= 15 is 0 Å². The van der Waals surface area contributed by atoms with Gasteiger partial charge in [-0.1, -0.05) is 18.2 Å². The quantitative estimate of drug-likeness (QED) is 0.502. The van der Waals surface area contributed by atoms with E-state index in [-0.39, 0.29) is 6.79 Å². The number of fused-ring (bicyclic) bond motifs is 1. The molecule has 0 spiro atoms. The highest BCUT2D eigenvalue weighted by molar-refractivity contribution is 5.92. The van der Waals surface area contributed by atoms with E-state index in [0.717, 1.165) is 46.2 Å². The molecule has 5 rings (SSSR count). The number of carbonyl (C=O) groups is 1. The summed E-state index contributed by atoms with van der Waals surface area (Å²) >= 11 is 0. The molecular formula is C24H20N4O3. The van der Waals surface area contributed by atoms with Crippen LogP contribution in [0.25, 0.3) is 22.6 Å². The number of amides is 1. The van der Waals surface area contributed by atoms with Crippen molar-refractivity contribution in [2.45, 2.75) is 12.8 Å². The van der Waals surface area contributed by atoms with Gasteiger partial charge < -0.3 is 20.2 Å². The summed E-state index contributed by atoms with van der Waals surface area (Å²) in [5.41, 5.74) is 10.3. The summed E-state index contributed by atoms with van der Waals surface area (Å²) in [6, 6.07) is 18.9. The predicted molar refractivity (Wildman–Crippen MR) is 116 cm³/mol. The Hall–Kier alpha value is -4.13. The number of nitrogens with two attached hydrogens (primary N) is 1. The number of ether oxygens (including phenoxy) is 2. The summed E-state index contributed by atoms with van der Waals surface area (Å²) in [5, 5.41) is 0. The molecular weight excluding hydrogens is 392 g/mol. The van der Waals surface area contributed by atoms with E-state index < -0.39 is 5.91 Å². The fraction of sp³-hybridized carbons (Fsp3) is 0.125. The molecule has 3 N–H and O–H groups in total. The van der Waals surface area contributed by atoms with Crippen LogP contribution in [0.4, 0.5) is 0 Å². The summed E-state index contributed by atoms with van der Waals surface area (Å²) in [7, 11) is 0. The van der Waals surface area contributed by atoms with Crippen molar-refractivity contribution in [3.63, 3.8) is 0 Å². The molecule has 2 aromatic carbocycles. The first-order valence-electron chi connectivity index (χ1n) is 9.96. The molecule has 2 aromatic heterocycles. The topological polar surface area (TPSA) is 103 Å². The van der Waals surface area contributed by atoms with Crippen LogP contribution in [0.2, 0.25) is 0 Å². The number of benzene rings is 2. The Kier molecular flexibility index (Phi) is 4.84. The molecule has 4 aromatic rings. The first-order valence-corrected chi connectivity index (χ1v) is 9.96. The van der Waals surface area contributed by atoms with Crippen LogP contribution in [-0.4, -0.2) is 27.7 Å². The molecule has 1 aliphatic heterocycles. The van der Waals surface area contributed by atoms with Gasteiger partial charge in [-0.3, -0.25) is 9.78 Å². The average molecular weight is 412 g/mol. The Labute approximate surface area is 178 Å². The lowest BCUT2D eigenvalue weighted by atomic mass is 10.1. The van der Waals surface area contributed by atoms with Crippen LogP contribution in [0.5, 0.6) is 11.5 Å². The number of primary amides is 1. The van der Waals surface area contributed by atoms with Crippen molar-refractivity contribution in [3.8, 4) is 34.1 Å². The predicted octanol–water partition coefficient (Wildman–Crippen LogP) is 3.75. The van der Waals surface area contributed by atoms with Crippen molar-refractivity contribution < 1.29 is 14.3 Å². The van der Waals surface area contributed by atoms with Crippen LogP contribution in [0, 0.1) is 0 Å². The maximum absolute atomic E-state index is 11.3. The van der Waals surface area contributed by atoms with Gasteiger partial charge >= 0.3 is 0 Å². The zero-order valence-corrected chi connectivity index (χ0v) is 16.7. The van der Waals surface area contributed by atoms with Gasteiger partial charge in [0.25, 0.3) is 0 Å². The molecule has 3 heterocycles. The van der Waals surface area contributed by atoms with Crippen molar-refractivity contribution in [2.24, 2.45) is 5.73 Å². The lowest BCUT2D eigenvalue weighted by Crippen LogP contribution is -2.10. The van der Waals surface area contributed by atoms with Crippen LogP contribution in [0.15, 0.2) is 66.9 Å². The van der Waals surface area contributed by atoms with Crippen LogP contribution < -0.4 is 15.2 Å². The second-order valence-corrected chi connectivity index (χ2v) is 7.25. The molecule has 0 fully saturated rings. The number of nitrogens with zero attached hydrogens (tertiary/aromatic N) is 2. The van der Waals surface area contributed by atoms with Crippen molar-refractivity contribution in [1.29, 1.82) is 0 Å². The third-order valence-electron chi connectivity index (χ3n) is 5.21. The number of aromatic amines is 1. The van der Waals surface area contributed by atoms with E-state index in [0.29, 0.717) is 17.7 Å². The van der Waals surface area contributed by atoms with Gasteiger partial charge in [0.2, 0.25) is 12.7 Å². The Bertz CT molecular complexity index is 1230. The van der Waals surface area contributed by atoms with E-state index in [1.54, 1.807) is 18.3 Å².